The third-order valence-corrected chi connectivity index (χ3v) is 1.78. The molecule has 0 heterocycles. The Morgan fingerprint density at radius 1 is 1.38 bits per heavy atom. The molecule has 0 spiro atoms. The van der Waals surface area contributed by atoms with E-state index in [4.69, 9.17) is 0 Å². The first-order valence-electron chi connectivity index (χ1n) is 4.13. The maximum absolute atomic E-state index is 10.0. The Bertz CT molecular complexity index is 314. The average Bonchev–Trinajstić information content (AvgIpc) is 2.15. The molecule has 1 aromatic rings. The standard InChI is InChI=1S/C10H11NO2/c1-2-9-3-5-10(6-4-9)7-8-11(12)13/h3-8H,2H2,1H3/b8-7-. The summed E-state index contributed by atoms with van der Waals surface area (Å²) in [6, 6.07) is 7.69. The van der Waals surface area contributed by atoms with Crippen LogP contribution in [0.1, 0.15) is 18.1 Å². The Kier molecular flexibility index (Phi) is 3.20. The van der Waals surface area contributed by atoms with Gasteiger partial charge in [0, 0.05) is 6.08 Å². The van der Waals surface area contributed by atoms with Crippen molar-refractivity contribution in [2.45, 2.75) is 13.3 Å². The molecule has 0 bridgehead atoms. The molecule has 68 valence electrons. The predicted octanol–water partition coefficient (Wildman–Crippen LogP) is 2.50. The van der Waals surface area contributed by atoms with E-state index in [0.29, 0.717) is 0 Å². The van der Waals surface area contributed by atoms with Gasteiger partial charge in [-0.25, -0.2) is 0 Å². The highest BCUT2D eigenvalue weighted by Gasteiger charge is 1.91. The van der Waals surface area contributed by atoms with Crippen LogP contribution < -0.4 is 0 Å². The highest BCUT2D eigenvalue weighted by atomic mass is 16.6. The molecular weight excluding hydrogens is 166 g/mol. The zero-order valence-corrected chi connectivity index (χ0v) is 7.43. The topological polar surface area (TPSA) is 43.1 Å². The van der Waals surface area contributed by atoms with Crippen molar-refractivity contribution < 1.29 is 4.92 Å². The van der Waals surface area contributed by atoms with Crippen molar-refractivity contribution in [1.29, 1.82) is 0 Å². The SMILES string of the molecule is CCc1ccc(/C=C\[N+](=O)[O-])cc1. The van der Waals surface area contributed by atoms with Gasteiger partial charge in [0.05, 0.1) is 4.92 Å². The summed E-state index contributed by atoms with van der Waals surface area (Å²) in [4.78, 5) is 9.55. The minimum atomic E-state index is -0.465. The number of hydrogen-bond donors (Lipinski definition) is 0. The van der Waals surface area contributed by atoms with Gasteiger partial charge < -0.3 is 0 Å². The fraction of sp³-hybridized carbons (Fsp3) is 0.200. The van der Waals surface area contributed by atoms with Gasteiger partial charge in [-0.2, -0.15) is 0 Å². The fourth-order valence-electron chi connectivity index (χ4n) is 1.01. The highest BCUT2D eigenvalue weighted by Crippen LogP contribution is 2.06. The van der Waals surface area contributed by atoms with E-state index in [1.807, 2.05) is 24.3 Å². The third-order valence-electron chi connectivity index (χ3n) is 1.78. The van der Waals surface area contributed by atoms with Crippen LogP contribution in [0, 0.1) is 10.1 Å². The number of hydrogen-bond acceptors (Lipinski definition) is 2. The molecule has 0 N–H and O–H groups in total. The summed E-state index contributed by atoms with van der Waals surface area (Å²) in [6.07, 6.45) is 3.42. The van der Waals surface area contributed by atoms with Gasteiger partial charge >= 0.3 is 0 Å². The number of rotatable bonds is 3. The summed E-state index contributed by atoms with van der Waals surface area (Å²) in [7, 11) is 0. The lowest BCUT2D eigenvalue weighted by Gasteiger charge is -1.95. The molecule has 0 amide bonds. The maximum atomic E-state index is 10.0. The molecule has 0 saturated carbocycles. The van der Waals surface area contributed by atoms with E-state index in [-0.39, 0.29) is 0 Å². The molecule has 0 aliphatic carbocycles. The Morgan fingerprint density at radius 3 is 2.46 bits per heavy atom. The first kappa shape index (κ1) is 9.45. The lowest BCUT2D eigenvalue weighted by molar-refractivity contribution is -0.400. The zero-order chi connectivity index (χ0) is 9.68. The summed E-state index contributed by atoms with van der Waals surface area (Å²) in [5.41, 5.74) is 2.09. The minimum Gasteiger partial charge on any atom is -0.259 e. The number of nitro groups is 1. The number of benzene rings is 1. The van der Waals surface area contributed by atoms with Gasteiger partial charge in [-0.3, -0.25) is 10.1 Å². The van der Waals surface area contributed by atoms with Gasteiger partial charge in [0.25, 0.3) is 0 Å². The van der Waals surface area contributed by atoms with Gasteiger partial charge in [0.2, 0.25) is 6.20 Å². The molecule has 13 heavy (non-hydrogen) atoms. The van der Waals surface area contributed by atoms with Crippen molar-refractivity contribution in [3.63, 3.8) is 0 Å². The lowest BCUT2D eigenvalue weighted by atomic mass is 10.1. The normalized spacial score (nSPS) is 10.5. The second-order valence-electron chi connectivity index (χ2n) is 2.70. The average molecular weight is 177 g/mol. The van der Waals surface area contributed by atoms with Crippen LogP contribution >= 0.6 is 0 Å². The molecule has 0 radical (unpaired) electrons. The van der Waals surface area contributed by atoms with Crippen LogP contribution in [0.3, 0.4) is 0 Å². The van der Waals surface area contributed by atoms with Crippen LogP contribution in [0.15, 0.2) is 30.5 Å². The van der Waals surface area contributed by atoms with Gasteiger partial charge in [-0.05, 0) is 17.5 Å². The van der Waals surface area contributed by atoms with Gasteiger partial charge in [0.1, 0.15) is 0 Å². The van der Waals surface area contributed by atoms with Crippen molar-refractivity contribution in [3.05, 3.63) is 51.7 Å². The predicted molar refractivity (Wildman–Crippen MR) is 51.8 cm³/mol. The summed E-state index contributed by atoms with van der Waals surface area (Å²) in [5.74, 6) is 0. The monoisotopic (exact) mass is 177 g/mol. The Balaban J connectivity index is 2.75. The van der Waals surface area contributed by atoms with Crippen LogP contribution in [0.2, 0.25) is 0 Å². The van der Waals surface area contributed by atoms with Gasteiger partial charge in [-0.1, -0.05) is 31.2 Å². The van der Waals surface area contributed by atoms with Crippen molar-refractivity contribution >= 4 is 6.08 Å². The molecule has 0 aromatic heterocycles. The van der Waals surface area contributed by atoms with Gasteiger partial charge in [0.15, 0.2) is 0 Å². The van der Waals surface area contributed by atoms with E-state index in [1.54, 1.807) is 0 Å². The van der Waals surface area contributed by atoms with E-state index < -0.39 is 4.92 Å². The molecule has 1 aromatic carbocycles. The molecule has 0 atom stereocenters. The van der Waals surface area contributed by atoms with E-state index in [2.05, 4.69) is 6.92 Å². The molecule has 0 aliphatic rings. The summed E-state index contributed by atoms with van der Waals surface area (Å²) < 4.78 is 0. The third kappa shape index (κ3) is 3.07. The van der Waals surface area contributed by atoms with E-state index in [9.17, 15) is 10.1 Å². The van der Waals surface area contributed by atoms with E-state index >= 15 is 0 Å². The summed E-state index contributed by atoms with van der Waals surface area (Å²) in [6.45, 7) is 2.07. The number of aryl methyl sites for hydroxylation is 1. The second-order valence-corrected chi connectivity index (χ2v) is 2.70. The van der Waals surface area contributed by atoms with Crippen molar-refractivity contribution in [3.8, 4) is 0 Å². The van der Waals surface area contributed by atoms with Crippen molar-refractivity contribution in [2.24, 2.45) is 0 Å². The first-order chi connectivity index (χ1) is 6.22. The Hall–Kier alpha value is -1.64. The molecule has 0 saturated heterocycles. The van der Waals surface area contributed by atoms with Crippen molar-refractivity contribution in [1.82, 2.24) is 0 Å². The Morgan fingerprint density at radius 2 is 2.00 bits per heavy atom. The quantitative estimate of drug-likeness (QED) is 0.525. The molecule has 0 fully saturated rings. The molecule has 3 heteroatoms. The zero-order valence-electron chi connectivity index (χ0n) is 7.43. The van der Waals surface area contributed by atoms with Crippen LogP contribution in [-0.2, 0) is 6.42 Å². The smallest absolute Gasteiger partial charge is 0.235 e. The van der Waals surface area contributed by atoms with Gasteiger partial charge in [-0.15, -0.1) is 0 Å². The molecule has 0 unspecified atom stereocenters. The minimum absolute atomic E-state index is 0.465. The van der Waals surface area contributed by atoms with Crippen LogP contribution in [-0.4, -0.2) is 4.92 Å². The molecule has 3 nitrogen and oxygen atoms in total. The molecule has 1 rings (SSSR count). The van der Waals surface area contributed by atoms with Crippen LogP contribution in [0.5, 0.6) is 0 Å². The second kappa shape index (κ2) is 4.40. The van der Waals surface area contributed by atoms with Crippen molar-refractivity contribution in [2.75, 3.05) is 0 Å². The fourth-order valence-corrected chi connectivity index (χ4v) is 1.01. The molecule has 0 aliphatic heterocycles. The Labute approximate surface area is 76.9 Å². The highest BCUT2D eigenvalue weighted by molar-refractivity contribution is 5.48. The van der Waals surface area contributed by atoms with E-state index in [0.717, 1.165) is 18.2 Å². The van der Waals surface area contributed by atoms with Crippen LogP contribution in [0.4, 0.5) is 0 Å². The largest absolute Gasteiger partial charge is 0.259 e. The lowest BCUT2D eigenvalue weighted by Crippen LogP contribution is -1.83. The summed E-state index contributed by atoms with van der Waals surface area (Å²) in [5, 5.41) is 10.0. The number of nitrogens with zero attached hydrogens (tertiary/aromatic N) is 1. The molecular formula is C10H11NO2. The van der Waals surface area contributed by atoms with Crippen LogP contribution in [0.25, 0.3) is 6.08 Å². The maximum Gasteiger partial charge on any atom is 0.235 e. The van der Waals surface area contributed by atoms with E-state index in [1.165, 1.54) is 11.6 Å². The first-order valence-corrected chi connectivity index (χ1v) is 4.13. The summed E-state index contributed by atoms with van der Waals surface area (Å²) >= 11 is 0.